The zero-order valence-corrected chi connectivity index (χ0v) is 18.2. The van der Waals surface area contributed by atoms with Crippen LogP contribution in [0.4, 0.5) is 10.8 Å². The van der Waals surface area contributed by atoms with Crippen LogP contribution in [0.25, 0.3) is 0 Å². The van der Waals surface area contributed by atoms with Gasteiger partial charge in [-0.3, -0.25) is 9.52 Å². The maximum absolute atomic E-state index is 12.9. The molecule has 0 spiro atoms. The molecule has 3 aromatic rings. The minimum atomic E-state index is -3.73. The van der Waals surface area contributed by atoms with Gasteiger partial charge in [-0.2, -0.15) is 0 Å². The normalized spacial score (nSPS) is 16.7. The third kappa shape index (κ3) is 4.03. The highest BCUT2D eigenvalue weighted by molar-refractivity contribution is 7.93. The summed E-state index contributed by atoms with van der Waals surface area (Å²) in [7, 11) is -3.73. The van der Waals surface area contributed by atoms with Crippen LogP contribution in [0.15, 0.2) is 58.9 Å². The highest BCUT2D eigenvalue weighted by atomic mass is 32.2. The summed E-state index contributed by atoms with van der Waals surface area (Å²) in [4.78, 5) is 18.5. The molecule has 0 bridgehead atoms. The fourth-order valence-electron chi connectivity index (χ4n) is 3.28. The van der Waals surface area contributed by atoms with Crippen molar-refractivity contribution in [3.63, 3.8) is 0 Å². The van der Waals surface area contributed by atoms with Crippen molar-refractivity contribution in [3.8, 4) is 5.75 Å². The van der Waals surface area contributed by atoms with Crippen molar-refractivity contribution in [2.24, 2.45) is 0 Å². The topological polar surface area (TPSA) is 88.6 Å². The van der Waals surface area contributed by atoms with Gasteiger partial charge in [0.25, 0.3) is 15.9 Å². The van der Waals surface area contributed by atoms with Gasteiger partial charge in [0.15, 0.2) is 11.2 Å². The van der Waals surface area contributed by atoms with Gasteiger partial charge in [0.05, 0.1) is 4.90 Å². The van der Waals surface area contributed by atoms with Gasteiger partial charge in [-0.15, -0.1) is 11.3 Å². The van der Waals surface area contributed by atoms with Crippen LogP contribution >= 0.6 is 11.3 Å². The van der Waals surface area contributed by atoms with Crippen LogP contribution in [-0.2, 0) is 14.8 Å². The number of carbonyl (C=O) groups excluding carboxylic acids is 1. The Morgan fingerprint density at radius 1 is 1.17 bits per heavy atom. The van der Waals surface area contributed by atoms with E-state index in [9.17, 15) is 13.2 Å². The van der Waals surface area contributed by atoms with Crippen molar-refractivity contribution < 1.29 is 17.9 Å². The minimum absolute atomic E-state index is 0.108. The number of nitrogens with one attached hydrogen (secondary N) is 1. The highest BCUT2D eigenvalue weighted by Gasteiger charge is 2.34. The Bertz CT molecular complexity index is 1160. The number of rotatable bonds is 6. The van der Waals surface area contributed by atoms with Crippen molar-refractivity contribution in [1.29, 1.82) is 0 Å². The van der Waals surface area contributed by atoms with Crippen molar-refractivity contribution in [2.45, 2.75) is 31.3 Å². The summed E-state index contributed by atoms with van der Waals surface area (Å²) in [6, 6.07) is 12.0. The van der Waals surface area contributed by atoms with Crippen LogP contribution in [0, 0.1) is 13.8 Å². The van der Waals surface area contributed by atoms with Gasteiger partial charge in [0, 0.05) is 30.2 Å². The lowest BCUT2D eigenvalue weighted by Gasteiger charge is -2.18. The molecule has 1 saturated heterocycles. The monoisotopic (exact) mass is 443 g/mol. The molecule has 9 heteroatoms. The summed E-state index contributed by atoms with van der Waals surface area (Å²) < 4.78 is 33.4. The Labute approximate surface area is 179 Å². The van der Waals surface area contributed by atoms with E-state index in [4.69, 9.17) is 4.74 Å². The molecule has 1 amide bonds. The van der Waals surface area contributed by atoms with E-state index in [1.807, 2.05) is 32.0 Å². The second-order valence-electron chi connectivity index (χ2n) is 7.02. The van der Waals surface area contributed by atoms with Crippen LogP contribution in [-0.4, -0.2) is 32.0 Å². The predicted octanol–water partition coefficient (Wildman–Crippen LogP) is 3.75. The number of anilines is 2. The average Bonchev–Trinajstić information content (AvgIpc) is 3.35. The summed E-state index contributed by atoms with van der Waals surface area (Å²) >= 11 is 1.20. The molecule has 30 heavy (non-hydrogen) atoms. The number of ether oxygens (including phenoxy) is 1. The molecule has 1 aliphatic rings. The molecule has 1 fully saturated rings. The van der Waals surface area contributed by atoms with Crippen molar-refractivity contribution in [2.75, 3.05) is 16.2 Å². The van der Waals surface area contributed by atoms with Gasteiger partial charge < -0.3 is 9.64 Å². The van der Waals surface area contributed by atoms with Gasteiger partial charge in [0.1, 0.15) is 5.75 Å². The number of hydrogen-bond donors (Lipinski definition) is 1. The number of amides is 1. The van der Waals surface area contributed by atoms with Crippen LogP contribution < -0.4 is 14.4 Å². The molecule has 2 aromatic carbocycles. The molecular formula is C21H21N3O4S2. The number of aryl methyl sites for hydroxylation is 1. The number of thiazole rings is 1. The molecule has 0 aliphatic carbocycles. The third-order valence-electron chi connectivity index (χ3n) is 5.09. The van der Waals surface area contributed by atoms with E-state index >= 15 is 0 Å². The SMILES string of the molecule is Cc1cccc(OC2CCN(c3ccc(S(=O)(=O)Nc4nccs4)cc3)C2=O)c1C. The summed E-state index contributed by atoms with van der Waals surface area (Å²) in [5.74, 6) is 0.581. The molecule has 7 nitrogen and oxygen atoms in total. The Morgan fingerprint density at radius 2 is 1.93 bits per heavy atom. The second-order valence-corrected chi connectivity index (χ2v) is 9.60. The number of hydrogen-bond acceptors (Lipinski definition) is 6. The summed E-state index contributed by atoms with van der Waals surface area (Å²) in [6.07, 6.45) is 1.54. The van der Waals surface area contributed by atoms with Crippen molar-refractivity contribution in [1.82, 2.24) is 4.98 Å². The standard InChI is InChI=1S/C21H21N3O4S2/c1-14-4-3-5-18(15(14)2)28-19-10-12-24(20(19)25)16-6-8-17(9-7-16)30(26,27)23-21-22-11-13-29-21/h3-9,11,13,19H,10,12H2,1-2H3,(H,22,23). The molecule has 1 aliphatic heterocycles. The molecule has 1 aromatic heterocycles. The van der Waals surface area contributed by atoms with Gasteiger partial charge in [-0.25, -0.2) is 13.4 Å². The molecule has 2 heterocycles. The average molecular weight is 444 g/mol. The lowest BCUT2D eigenvalue weighted by molar-refractivity contribution is -0.122. The maximum atomic E-state index is 12.9. The third-order valence-corrected chi connectivity index (χ3v) is 7.27. The summed E-state index contributed by atoms with van der Waals surface area (Å²) in [5, 5.41) is 2.00. The first kappa shape index (κ1) is 20.4. The fourth-order valence-corrected chi connectivity index (χ4v) is 5.07. The zero-order chi connectivity index (χ0) is 21.3. The van der Waals surface area contributed by atoms with E-state index in [0.29, 0.717) is 29.5 Å². The largest absolute Gasteiger partial charge is 0.480 e. The summed E-state index contributed by atoms with van der Waals surface area (Å²) in [6.45, 7) is 4.49. The first-order valence-corrected chi connectivity index (χ1v) is 11.8. The molecule has 1 unspecified atom stereocenters. The van der Waals surface area contributed by atoms with Gasteiger partial charge in [0.2, 0.25) is 0 Å². The van der Waals surface area contributed by atoms with E-state index in [1.165, 1.54) is 29.7 Å². The van der Waals surface area contributed by atoms with Crippen LogP contribution in [0.3, 0.4) is 0 Å². The smallest absolute Gasteiger partial charge is 0.268 e. The Kier molecular flexibility index (Phi) is 5.48. The summed E-state index contributed by atoms with van der Waals surface area (Å²) in [5.41, 5.74) is 2.77. The van der Waals surface area contributed by atoms with Crippen LogP contribution in [0.1, 0.15) is 17.5 Å². The lowest BCUT2D eigenvalue weighted by Crippen LogP contribution is -2.32. The van der Waals surface area contributed by atoms with E-state index in [0.717, 1.165) is 11.1 Å². The van der Waals surface area contributed by atoms with E-state index < -0.39 is 16.1 Å². The number of sulfonamides is 1. The van der Waals surface area contributed by atoms with E-state index in [1.54, 1.807) is 22.4 Å². The molecule has 0 radical (unpaired) electrons. The van der Waals surface area contributed by atoms with Crippen LogP contribution in [0.5, 0.6) is 5.75 Å². The molecule has 1 atom stereocenters. The zero-order valence-electron chi connectivity index (χ0n) is 16.5. The van der Waals surface area contributed by atoms with Gasteiger partial charge in [-0.05, 0) is 55.3 Å². The molecular weight excluding hydrogens is 422 g/mol. The van der Waals surface area contributed by atoms with Crippen molar-refractivity contribution >= 4 is 38.1 Å². The van der Waals surface area contributed by atoms with E-state index in [-0.39, 0.29) is 10.8 Å². The Morgan fingerprint density at radius 3 is 2.63 bits per heavy atom. The lowest BCUT2D eigenvalue weighted by atomic mass is 10.1. The molecule has 156 valence electrons. The number of nitrogens with zero attached hydrogens (tertiary/aromatic N) is 2. The molecule has 4 rings (SSSR count). The number of carbonyl (C=O) groups is 1. The Hall–Kier alpha value is -2.91. The van der Waals surface area contributed by atoms with Crippen molar-refractivity contribution in [3.05, 3.63) is 65.2 Å². The van der Waals surface area contributed by atoms with Gasteiger partial charge in [-0.1, -0.05) is 12.1 Å². The highest BCUT2D eigenvalue weighted by Crippen LogP contribution is 2.28. The maximum Gasteiger partial charge on any atom is 0.268 e. The number of benzene rings is 2. The van der Waals surface area contributed by atoms with Crippen LogP contribution in [0.2, 0.25) is 0 Å². The minimum Gasteiger partial charge on any atom is -0.480 e. The quantitative estimate of drug-likeness (QED) is 0.627. The number of aromatic nitrogens is 1. The second kappa shape index (κ2) is 8.08. The molecule has 0 saturated carbocycles. The van der Waals surface area contributed by atoms with Gasteiger partial charge >= 0.3 is 0 Å². The fraction of sp³-hybridized carbons (Fsp3) is 0.238. The molecule has 1 N–H and O–H groups in total. The Balaban J connectivity index is 1.47. The van der Waals surface area contributed by atoms with E-state index in [2.05, 4.69) is 9.71 Å². The first-order valence-electron chi connectivity index (χ1n) is 9.42. The first-order chi connectivity index (χ1) is 14.3. The predicted molar refractivity (Wildman–Crippen MR) is 117 cm³/mol.